The predicted octanol–water partition coefficient (Wildman–Crippen LogP) is 5.79. The van der Waals surface area contributed by atoms with E-state index in [9.17, 15) is 9.50 Å². The van der Waals surface area contributed by atoms with Gasteiger partial charge in [0.2, 0.25) is 0 Å². The van der Waals surface area contributed by atoms with E-state index in [1.54, 1.807) is 0 Å². The van der Waals surface area contributed by atoms with E-state index in [0.29, 0.717) is 16.7 Å². The minimum Gasteiger partial charge on any atom is -0.506 e. The summed E-state index contributed by atoms with van der Waals surface area (Å²) < 4.78 is 16.0. The minimum atomic E-state index is -0.491. The van der Waals surface area contributed by atoms with Crippen molar-refractivity contribution >= 4 is 27.8 Å². The van der Waals surface area contributed by atoms with Gasteiger partial charge in [0.05, 0.1) is 10.9 Å². The van der Waals surface area contributed by atoms with Crippen molar-refractivity contribution in [2.75, 3.05) is 5.73 Å². The maximum atomic E-state index is 13.8. The van der Waals surface area contributed by atoms with E-state index in [1.165, 1.54) is 12.4 Å². The number of phenols is 1. The SMILES string of the molecule is C=C1/C=C\C=C/CCC(n2cc(-c3cc4cc(F)cc(O)c4[nH]3)c3c(N)ncnc32)CC1. The van der Waals surface area contributed by atoms with Gasteiger partial charge in [-0.1, -0.05) is 36.5 Å². The van der Waals surface area contributed by atoms with E-state index in [-0.39, 0.29) is 11.8 Å². The lowest BCUT2D eigenvalue weighted by molar-refractivity contribution is 0.449. The van der Waals surface area contributed by atoms with Crippen molar-refractivity contribution < 1.29 is 9.50 Å². The third kappa shape index (κ3) is 3.56. The maximum absolute atomic E-state index is 13.8. The second kappa shape index (κ2) is 8.00. The molecule has 0 saturated heterocycles. The second-order valence-electron chi connectivity index (χ2n) is 8.20. The van der Waals surface area contributed by atoms with Crippen molar-refractivity contribution in [3.8, 4) is 17.0 Å². The Morgan fingerprint density at radius 2 is 2.06 bits per heavy atom. The summed E-state index contributed by atoms with van der Waals surface area (Å²) in [5.41, 5.74) is 10.1. The summed E-state index contributed by atoms with van der Waals surface area (Å²) >= 11 is 0. The molecule has 0 spiro atoms. The van der Waals surface area contributed by atoms with Crippen molar-refractivity contribution in [2.45, 2.75) is 31.7 Å². The van der Waals surface area contributed by atoms with E-state index in [1.807, 2.05) is 24.4 Å². The number of H-pyrrole nitrogens is 1. The van der Waals surface area contributed by atoms with Gasteiger partial charge >= 0.3 is 0 Å². The number of fused-ring (bicyclic) bond motifs is 2. The van der Waals surface area contributed by atoms with Crippen LogP contribution in [0.1, 0.15) is 31.7 Å². The zero-order chi connectivity index (χ0) is 22.2. The topological polar surface area (TPSA) is 92.8 Å². The zero-order valence-electron chi connectivity index (χ0n) is 17.6. The summed E-state index contributed by atoms with van der Waals surface area (Å²) in [5, 5.41) is 11.5. The number of nitrogens with one attached hydrogen (secondary N) is 1. The molecule has 0 radical (unpaired) electrons. The average Bonchev–Trinajstić information content (AvgIpc) is 3.35. The number of nitrogen functional groups attached to an aromatic ring is 1. The van der Waals surface area contributed by atoms with Crippen LogP contribution in [0.3, 0.4) is 0 Å². The quantitative estimate of drug-likeness (QED) is 0.376. The molecule has 0 fully saturated rings. The fraction of sp³-hybridized carbons (Fsp3) is 0.200. The van der Waals surface area contributed by atoms with Gasteiger partial charge in [0.15, 0.2) is 0 Å². The van der Waals surface area contributed by atoms with E-state index < -0.39 is 5.82 Å². The highest BCUT2D eigenvalue weighted by Gasteiger charge is 2.22. The van der Waals surface area contributed by atoms with Gasteiger partial charge in [0.25, 0.3) is 0 Å². The number of aromatic amines is 1. The molecule has 3 aromatic heterocycles. The molecule has 1 aliphatic carbocycles. The standard InChI is InChI=1S/C25H24FN5O/c1-15-6-4-2-3-5-7-18(9-8-15)31-13-19(22-24(27)28-14-29-25(22)31)20-11-16-10-17(26)12-21(32)23(16)30-20/h2-4,6,10-14,18,30,32H,1,5,7-9H2,(H2,27,28,29)/b3-2-,6-4-. The summed E-state index contributed by atoms with van der Waals surface area (Å²) in [6.45, 7) is 4.15. The van der Waals surface area contributed by atoms with Gasteiger partial charge in [-0.3, -0.25) is 0 Å². The molecule has 162 valence electrons. The Kier molecular flexibility index (Phi) is 5.01. The number of benzene rings is 1. The first-order valence-corrected chi connectivity index (χ1v) is 10.6. The van der Waals surface area contributed by atoms with Crippen LogP contribution in [-0.4, -0.2) is 24.6 Å². The van der Waals surface area contributed by atoms with Crippen LogP contribution in [0.4, 0.5) is 10.2 Å². The van der Waals surface area contributed by atoms with Crippen LogP contribution in [0.5, 0.6) is 5.75 Å². The number of rotatable bonds is 2. The van der Waals surface area contributed by atoms with Gasteiger partial charge in [-0.2, -0.15) is 0 Å². The number of anilines is 1. The van der Waals surface area contributed by atoms with Crippen LogP contribution in [0, 0.1) is 5.82 Å². The molecule has 1 atom stereocenters. The third-order valence-corrected chi connectivity index (χ3v) is 6.04. The van der Waals surface area contributed by atoms with Gasteiger partial charge in [0, 0.05) is 34.9 Å². The molecule has 1 unspecified atom stereocenters. The van der Waals surface area contributed by atoms with Crippen molar-refractivity contribution in [1.82, 2.24) is 19.5 Å². The number of hydrogen-bond donors (Lipinski definition) is 3. The van der Waals surface area contributed by atoms with Crippen molar-refractivity contribution in [3.05, 3.63) is 73.0 Å². The lowest BCUT2D eigenvalue weighted by Crippen LogP contribution is -2.09. The van der Waals surface area contributed by atoms with E-state index in [0.717, 1.165) is 59.6 Å². The Morgan fingerprint density at radius 3 is 2.94 bits per heavy atom. The third-order valence-electron chi connectivity index (χ3n) is 6.04. The van der Waals surface area contributed by atoms with E-state index in [2.05, 4.69) is 38.3 Å². The summed E-state index contributed by atoms with van der Waals surface area (Å²) in [4.78, 5) is 12.0. The second-order valence-corrected chi connectivity index (χ2v) is 8.20. The van der Waals surface area contributed by atoms with Crippen LogP contribution >= 0.6 is 0 Å². The number of aromatic nitrogens is 4. The largest absolute Gasteiger partial charge is 0.506 e. The molecule has 0 saturated carbocycles. The number of aromatic hydroxyl groups is 1. The highest BCUT2D eigenvalue weighted by molar-refractivity contribution is 6.02. The van der Waals surface area contributed by atoms with Crippen LogP contribution < -0.4 is 5.73 Å². The van der Waals surface area contributed by atoms with Gasteiger partial charge in [-0.25, -0.2) is 14.4 Å². The maximum Gasteiger partial charge on any atom is 0.146 e. The number of nitrogens with zero attached hydrogens (tertiary/aromatic N) is 3. The molecule has 1 aliphatic rings. The number of hydrogen-bond acceptors (Lipinski definition) is 4. The van der Waals surface area contributed by atoms with Gasteiger partial charge in [-0.05, 0) is 37.8 Å². The molecular formula is C25H24FN5O. The Balaban J connectivity index is 1.65. The molecular weight excluding hydrogens is 405 g/mol. The summed E-state index contributed by atoms with van der Waals surface area (Å²) in [5.74, 6) is -0.246. The molecule has 6 nitrogen and oxygen atoms in total. The first kappa shape index (κ1) is 20.1. The Labute approximate surface area is 184 Å². The lowest BCUT2D eigenvalue weighted by atomic mass is 10.0. The normalized spacial score (nSPS) is 19.4. The highest BCUT2D eigenvalue weighted by atomic mass is 19.1. The highest BCUT2D eigenvalue weighted by Crippen LogP contribution is 2.38. The molecule has 0 aliphatic heterocycles. The Morgan fingerprint density at radius 1 is 1.19 bits per heavy atom. The number of halogens is 1. The van der Waals surface area contributed by atoms with Crippen LogP contribution in [-0.2, 0) is 0 Å². The molecule has 7 heteroatoms. The smallest absolute Gasteiger partial charge is 0.146 e. The average molecular weight is 429 g/mol. The molecule has 0 amide bonds. The fourth-order valence-electron chi connectivity index (χ4n) is 4.44. The fourth-order valence-corrected chi connectivity index (χ4v) is 4.44. The first-order chi connectivity index (χ1) is 15.5. The van der Waals surface area contributed by atoms with Crippen molar-refractivity contribution in [1.29, 1.82) is 0 Å². The monoisotopic (exact) mass is 429 g/mol. The summed E-state index contributed by atoms with van der Waals surface area (Å²) in [7, 11) is 0. The molecule has 5 rings (SSSR count). The molecule has 4 aromatic rings. The number of phenolic OH excluding ortho intramolecular Hbond substituents is 1. The van der Waals surface area contributed by atoms with Crippen LogP contribution in [0.15, 0.2) is 67.2 Å². The number of allylic oxidation sites excluding steroid dienone is 5. The zero-order valence-corrected chi connectivity index (χ0v) is 17.6. The Hall–Kier alpha value is -3.87. The lowest BCUT2D eigenvalue weighted by Gasteiger charge is -2.20. The Bertz CT molecular complexity index is 1390. The molecule has 32 heavy (non-hydrogen) atoms. The summed E-state index contributed by atoms with van der Waals surface area (Å²) in [6.07, 6.45) is 15.5. The predicted molar refractivity (Wildman–Crippen MR) is 126 cm³/mol. The first-order valence-electron chi connectivity index (χ1n) is 10.6. The van der Waals surface area contributed by atoms with Crippen LogP contribution in [0.25, 0.3) is 33.2 Å². The minimum absolute atomic E-state index is 0.134. The number of nitrogens with two attached hydrogens (primary N) is 1. The molecule has 3 heterocycles. The summed E-state index contributed by atoms with van der Waals surface area (Å²) in [6, 6.07) is 4.49. The van der Waals surface area contributed by atoms with Gasteiger partial charge in [0.1, 0.15) is 29.4 Å². The van der Waals surface area contributed by atoms with Crippen molar-refractivity contribution in [3.63, 3.8) is 0 Å². The van der Waals surface area contributed by atoms with Crippen LogP contribution in [0.2, 0.25) is 0 Å². The molecule has 1 aromatic carbocycles. The van der Waals surface area contributed by atoms with E-state index >= 15 is 0 Å². The van der Waals surface area contributed by atoms with Gasteiger partial charge < -0.3 is 20.4 Å². The van der Waals surface area contributed by atoms with Crippen molar-refractivity contribution in [2.24, 2.45) is 0 Å². The molecule has 0 bridgehead atoms. The molecule has 4 N–H and O–H groups in total. The van der Waals surface area contributed by atoms with Gasteiger partial charge in [-0.15, -0.1) is 0 Å². The van der Waals surface area contributed by atoms with E-state index in [4.69, 9.17) is 5.73 Å².